The van der Waals surface area contributed by atoms with Gasteiger partial charge in [-0.25, -0.2) is 0 Å². The second-order valence-corrected chi connectivity index (χ2v) is 3.86. The van der Waals surface area contributed by atoms with Crippen molar-refractivity contribution in [3.63, 3.8) is 0 Å². The molecule has 0 saturated carbocycles. The van der Waals surface area contributed by atoms with Gasteiger partial charge in [0.05, 0.1) is 12.7 Å². The molecule has 0 aromatic heterocycles. The molecule has 1 aliphatic rings. The Hall–Kier alpha value is -0.680. The van der Waals surface area contributed by atoms with Crippen molar-refractivity contribution in [2.45, 2.75) is 32.7 Å². The Bertz CT molecular complexity index is 204. The van der Waals surface area contributed by atoms with Crippen LogP contribution in [0.2, 0.25) is 0 Å². The van der Waals surface area contributed by atoms with Crippen LogP contribution in [0.1, 0.15) is 20.8 Å². The summed E-state index contributed by atoms with van der Waals surface area (Å²) in [5, 5.41) is 10.2. The molecule has 5 nitrogen and oxygen atoms in total. The van der Waals surface area contributed by atoms with E-state index in [0.29, 0.717) is 6.61 Å². The van der Waals surface area contributed by atoms with E-state index in [1.54, 1.807) is 6.92 Å². The van der Waals surface area contributed by atoms with Crippen LogP contribution in [0.15, 0.2) is 0 Å². The van der Waals surface area contributed by atoms with Gasteiger partial charge in [-0.15, -0.1) is 0 Å². The number of hydrogen-bond donors (Lipinski definition) is 0. The Morgan fingerprint density at radius 3 is 2.69 bits per heavy atom. The Morgan fingerprint density at radius 2 is 2.31 bits per heavy atom. The minimum absolute atomic E-state index is 0.0654. The van der Waals surface area contributed by atoms with Crippen LogP contribution in [0.4, 0.5) is 0 Å². The molecular weight excluding hydrogens is 174 g/mol. The molecule has 1 rings (SSSR count). The lowest BCUT2D eigenvalue weighted by Crippen LogP contribution is -2.29. The highest BCUT2D eigenvalue weighted by Crippen LogP contribution is 2.26. The number of nitro groups is 1. The van der Waals surface area contributed by atoms with Crippen LogP contribution in [0, 0.1) is 16.0 Å². The molecule has 0 aromatic rings. The molecule has 0 aliphatic carbocycles. The Balaban J connectivity index is 2.42. The lowest BCUT2D eigenvalue weighted by Gasteiger charge is -2.18. The SMILES string of the molecule is C[C@H](C[N+](=O)[O-])[C@H]1COC(C)(C)O1. The van der Waals surface area contributed by atoms with Gasteiger partial charge in [0.2, 0.25) is 6.54 Å². The van der Waals surface area contributed by atoms with Gasteiger partial charge in [0.25, 0.3) is 0 Å². The van der Waals surface area contributed by atoms with E-state index in [1.807, 2.05) is 13.8 Å². The highest BCUT2D eigenvalue weighted by Gasteiger charge is 2.37. The molecule has 2 atom stereocenters. The average molecular weight is 189 g/mol. The third kappa shape index (κ3) is 2.93. The van der Waals surface area contributed by atoms with Crippen LogP contribution >= 0.6 is 0 Å². The number of hydrogen-bond acceptors (Lipinski definition) is 4. The Morgan fingerprint density at radius 1 is 1.69 bits per heavy atom. The number of ether oxygens (including phenoxy) is 2. The van der Waals surface area contributed by atoms with Crippen LogP contribution < -0.4 is 0 Å². The monoisotopic (exact) mass is 189 g/mol. The fourth-order valence-corrected chi connectivity index (χ4v) is 1.35. The number of rotatable bonds is 3. The molecular formula is C8H15NO4. The van der Waals surface area contributed by atoms with E-state index in [0.717, 1.165) is 0 Å². The summed E-state index contributed by atoms with van der Waals surface area (Å²) < 4.78 is 10.8. The minimum Gasteiger partial charge on any atom is -0.348 e. The first kappa shape index (κ1) is 10.4. The molecule has 5 heteroatoms. The van der Waals surface area contributed by atoms with Crippen molar-refractivity contribution in [2.75, 3.05) is 13.2 Å². The van der Waals surface area contributed by atoms with Crippen molar-refractivity contribution in [3.05, 3.63) is 10.1 Å². The predicted molar refractivity (Wildman–Crippen MR) is 45.9 cm³/mol. The minimum atomic E-state index is -0.588. The highest BCUT2D eigenvalue weighted by atomic mass is 16.7. The molecule has 13 heavy (non-hydrogen) atoms. The zero-order valence-corrected chi connectivity index (χ0v) is 8.15. The van der Waals surface area contributed by atoms with Crippen molar-refractivity contribution in [2.24, 2.45) is 5.92 Å². The quantitative estimate of drug-likeness (QED) is 0.491. The zero-order chi connectivity index (χ0) is 10.1. The standard InChI is InChI=1S/C8H15NO4/c1-6(4-9(10)11)7-5-12-8(2,3)13-7/h6-7H,4-5H2,1-3H3/t6-,7-/m1/s1. The molecule has 76 valence electrons. The molecule has 0 bridgehead atoms. The summed E-state index contributed by atoms with van der Waals surface area (Å²) in [7, 11) is 0. The van der Waals surface area contributed by atoms with Gasteiger partial charge in [-0.05, 0) is 13.8 Å². The molecule has 0 unspecified atom stereocenters. The molecule has 0 spiro atoms. The molecule has 0 aromatic carbocycles. The summed E-state index contributed by atoms with van der Waals surface area (Å²) in [5.41, 5.74) is 0. The summed E-state index contributed by atoms with van der Waals surface area (Å²) >= 11 is 0. The van der Waals surface area contributed by atoms with Crippen LogP contribution in [0.25, 0.3) is 0 Å². The van der Waals surface area contributed by atoms with E-state index in [1.165, 1.54) is 0 Å². The highest BCUT2D eigenvalue weighted by molar-refractivity contribution is 4.74. The summed E-state index contributed by atoms with van der Waals surface area (Å²) in [6.07, 6.45) is -0.152. The lowest BCUT2D eigenvalue weighted by atomic mass is 10.1. The van der Waals surface area contributed by atoms with E-state index >= 15 is 0 Å². The Kier molecular flexibility index (Phi) is 2.87. The second kappa shape index (κ2) is 3.59. The van der Waals surface area contributed by atoms with Crippen molar-refractivity contribution < 1.29 is 14.4 Å². The van der Waals surface area contributed by atoms with Gasteiger partial charge in [-0.2, -0.15) is 0 Å². The average Bonchev–Trinajstić information content (AvgIpc) is 2.28. The van der Waals surface area contributed by atoms with Crippen LogP contribution in [-0.2, 0) is 9.47 Å². The molecule has 1 heterocycles. The van der Waals surface area contributed by atoms with E-state index < -0.39 is 5.79 Å². The largest absolute Gasteiger partial charge is 0.348 e. The molecule has 0 radical (unpaired) electrons. The number of nitrogens with zero attached hydrogens (tertiary/aromatic N) is 1. The lowest BCUT2D eigenvalue weighted by molar-refractivity contribution is -0.489. The Labute approximate surface area is 77.2 Å². The third-order valence-corrected chi connectivity index (χ3v) is 2.10. The van der Waals surface area contributed by atoms with Gasteiger partial charge < -0.3 is 9.47 Å². The maximum absolute atomic E-state index is 10.2. The normalized spacial score (nSPS) is 28.7. The molecule has 1 fully saturated rings. The van der Waals surface area contributed by atoms with Crippen LogP contribution in [0.3, 0.4) is 0 Å². The van der Waals surface area contributed by atoms with Crippen molar-refractivity contribution in [3.8, 4) is 0 Å². The van der Waals surface area contributed by atoms with Crippen molar-refractivity contribution in [1.82, 2.24) is 0 Å². The van der Waals surface area contributed by atoms with Gasteiger partial charge in [-0.1, -0.05) is 6.92 Å². The van der Waals surface area contributed by atoms with E-state index in [-0.39, 0.29) is 23.5 Å². The fourth-order valence-electron chi connectivity index (χ4n) is 1.35. The third-order valence-electron chi connectivity index (χ3n) is 2.10. The van der Waals surface area contributed by atoms with Crippen molar-refractivity contribution in [1.29, 1.82) is 0 Å². The van der Waals surface area contributed by atoms with Crippen LogP contribution in [0.5, 0.6) is 0 Å². The van der Waals surface area contributed by atoms with Gasteiger partial charge in [0.1, 0.15) is 0 Å². The maximum Gasteiger partial charge on any atom is 0.208 e. The first-order valence-electron chi connectivity index (χ1n) is 4.34. The molecule has 1 saturated heterocycles. The smallest absolute Gasteiger partial charge is 0.208 e. The van der Waals surface area contributed by atoms with Gasteiger partial charge in [0, 0.05) is 10.8 Å². The van der Waals surface area contributed by atoms with Crippen LogP contribution in [-0.4, -0.2) is 30.0 Å². The summed E-state index contributed by atoms with van der Waals surface area (Å²) in [4.78, 5) is 9.92. The van der Waals surface area contributed by atoms with Crippen molar-refractivity contribution >= 4 is 0 Å². The zero-order valence-electron chi connectivity index (χ0n) is 8.15. The summed E-state index contributed by atoms with van der Waals surface area (Å²) in [5.74, 6) is -0.688. The van der Waals surface area contributed by atoms with Gasteiger partial charge in [0.15, 0.2) is 5.79 Å². The first-order valence-corrected chi connectivity index (χ1v) is 4.34. The van der Waals surface area contributed by atoms with E-state index in [2.05, 4.69) is 0 Å². The predicted octanol–water partition coefficient (Wildman–Crippen LogP) is 1.05. The fraction of sp³-hybridized carbons (Fsp3) is 1.00. The van der Waals surface area contributed by atoms with E-state index in [9.17, 15) is 10.1 Å². The summed E-state index contributed by atoms with van der Waals surface area (Å²) in [6, 6.07) is 0. The molecule has 1 aliphatic heterocycles. The first-order chi connectivity index (χ1) is 5.91. The van der Waals surface area contributed by atoms with E-state index in [4.69, 9.17) is 9.47 Å². The molecule has 0 amide bonds. The van der Waals surface area contributed by atoms with Gasteiger partial charge >= 0.3 is 0 Å². The molecule has 0 N–H and O–H groups in total. The topological polar surface area (TPSA) is 61.6 Å². The second-order valence-electron chi connectivity index (χ2n) is 3.86. The summed E-state index contributed by atoms with van der Waals surface area (Å²) in [6.45, 7) is 5.81. The maximum atomic E-state index is 10.2. The van der Waals surface area contributed by atoms with Gasteiger partial charge in [-0.3, -0.25) is 10.1 Å².